The lowest BCUT2D eigenvalue weighted by atomic mass is 10.2. The number of rotatable bonds is 7. The molecule has 0 radical (unpaired) electrons. The number of nitrogens with zero attached hydrogens (tertiary/aromatic N) is 1. The van der Waals surface area contributed by atoms with E-state index >= 15 is 0 Å². The first-order valence-electron chi connectivity index (χ1n) is 8.90. The van der Waals surface area contributed by atoms with Crippen molar-refractivity contribution in [3.63, 3.8) is 0 Å². The Morgan fingerprint density at radius 3 is 2.06 bits per heavy atom. The fourth-order valence-electron chi connectivity index (χ4n) is 2.72. The van der Waals surface area contributed by atoms with Crippen molar-refractivity contribution in [1.29, 1.82) is 0 Å². The van der Waals surface area contributed by atoms with Crippen LogP contribution < -0.4 is 5.32 Å². The van der Waals surface area contributed by atoms with Gasteiger partial charge in [-0.1, -0.05) is 35.3 Å². The predicted molar refractivity (Wildman–Crippen MR) is 115 cm³/mol. The lowest BCUT2D eigenvalue weighted by Crippen LogP contribution is -2.37. The zero-order chi connectivity index (χ0) is 22.6. The van der Waals surface area contributed by atoms with Gasteiger partial charge in [0.15, 0.2) is 0 Å². The summed E-state index contributed by atoms with van der Waals surface area (Å²) in [5.74, 6) is -2.57. The van der Waals surface area contributed by atoms with E-state index < -0.39 is 34.1 Å². The molecule has 0 saturated carbocycles. The average Bonchev–Trinajstić information content (AvgIpc) is 2.71. The van der Waals surface area contributed by atoms with Gasteiger partial charge in [0.25, 0.3) is 0 Å². The predicted octanol–water partition coefficient (Wildman–Crippen LogP) is 5.10. The molecule has 10 heteroatoms. The summed E-state index contributed by atoms with van der Waals surface area (Å²) in [7, 11) is -4.10. The largest absolute Gasteiger partial charge is 0.322 e. The number of amides is 1. The number of carbonyl (C=O) groups excluding carboxylic acids is 1. The van der Waals surface area contributed by atoms with Crippen LogP contribution >= 0.6 is 23.2 Å². The number of sulfonamides is 1. The Hall–Kier alpha value is -2.52. The average molecular weight is 485 g/mol. The summed E-state index contributed by atoms with van der Waals surface area (Å²) in [5, 5.41) is 3.09. The highest BCUT2D eigenvalue weighted by Crippen LogP contribution is 2.22. The van der Waals surface area contributed by atoms with Gasteiger partial charge in [0.2, 0.25) is 15.9 Å². The Labute approximate surface area is 188 Å². The molecule has 3 aromatic rings. The number of anilines is 1. The second-order valence-corrected chi connectivity index (χ2v) is 9.34. The highest BCUT2D eigenvalue weighted by Gasteiger charge is 2.27. The molecule has 0 aliphatic heterocycles. The molecule has 0 bridgehead atoms. The van der Waals surface area contributed by atoms with E-state index in [0.29, 0.717) is 21.7 Å². The van der Waals surface area contributed by atoms with E-state index in [9.17, 15) is 22.0 Å². The van der Waals surface area contributed by atoms with Crippen LogP contribution in [0.25, 0.3) is 0 Å². The van der Waals surface area contributed by atoms with E-state index in [4.69, 9.17) is 23.2 Å². The minimum atomic E-state index is -4.10. The van der Waals surface area contributed by atoms with Gasteiger partial charge in [-0.2, -0.15) is 4.31 Å². The van der Waals surface area contributed by atoms with Crippen LogP contribution in [0, 0.1) is 11.6 Å². The van der Waals surface area contributed by atoms with Gasteiger partial charge in [-0.05, 0) is 54.1 Å². The normalized spacial score (nSPS) is 11.5. The monoisotopic (exact) mass is 484 g/mol. The Morgan fingerprint density at radius 2 is 1.48 bits per heavy atom. The minimum Gasteiger partial charge on any atom is -0.322 e. The Morgan fingerprint density at radius 1 is 0.903 bits per heavy atom. The van der Waals surface area contributed by atoms with Crippen molar-refractivity contribution in [2.45, 2.75) is 11.4 Å². The number of benzene rings is 3. The first-order chi connectivity index (χ1) is 14.6. The van der Waals surface area contributed by atoms with Crippen LogP contribution in [-0.2, 0) is 21.4 Å². The third-order valence-corrected chi connectivity index (χ3v) is 6.56. The quantitative estimate of drug-likeness (QED) is 0.507. The van der Waals surface area contributed by atoms with Crippen LogP contribution in [0.2, 0.25) is 10.0 Å². The number of hydrogen-bond donors (Lipinski definition) is 1. The van der Waals surface area contributed by atoms with Crippen molar-refractivity contribution in [3.8, 4) is 0 Å². The summed E-state index contributed by atoms with van der Waals surface area (Å²) < 4.78 is 54.2. The molecule has 1 amide bonds. The molecule has 0 saturated heterocycles. The van der Waals surface area contributed by atoms with Crippen molar-refractivity contribution in [1.82, 2.24) is 4.31 Å². The Kier molecular flexibility index (Phi) is 7.27. The molecule has 0 aliphatic carbocycles. The molecule has 0 heterocycles. The zero-order valence-corrected chi connectivity index (χ0v) is 18.2. The number of carbonyl (C=O) groups is 1. The van der Waals surface area contributed by atoms with Crippen LogP contribution in [0.3, 0.4) is 0 Å². The topological polar surface area (TPSA) is 66.5 Å². The van der Waals surface area contributed by atoms with Crippen molar-refractivity contribution < 1.29 is 22.0 Å². The molecular weight excluding hydrogens is 469 g/mol. The summed E-state index contributed by atoms with van der Waals surface area (Å²) in [6, 6.07) is 14.6. The molecule has 0 fully saturated rings. The van der Waals surface area contributed by atoms with E-state index in [2.05, 4.69) is 5.32 Å². The SMILES string of the molecule is O=C(CN(Cc1ccc(Cl)cc1)S(=O)(=O)c1ccc(Cl)cc1)Nc1ccc(F)cc1F. The number of nitrogens with one attached hydrogen (secondary N) is 1. The molecule has 0 spiro atoms. The van der Waals surface area contributed by atoms with E-state index in [1.165, 1.54) is 24.3 Å². The molecule has 3 rings (SSSR count). The maximum absolute atomic E-state index is 13.9. The van der Waals surface area contributed by atoms with Gasteiger partial charge >= 0.3 is 0 Å². The third kappa shape index (κ3) is 6.01. The van der Waals surface area contributed by atoms with Crippen LogP contribution in [-0.4, -0.2) is 25.2 Å². The smallest absolute Gasteiger partial charge is 0.243 e. The summed E-state index contributed by atoms with van der Waals surface area (Å²) >= 11 is 11.7. The second kappa shape index (κ2) is 9.74. The van der Waals surface area contributed by atoms with E-state index in [0.717, 1.165) is 16.4 Å². The molecule has 0 aromatic heterocycles. The minimum absolute atomic E-state index is 0.0633. The summed E-state index contributed by atoms with van der Waals surface area (Å²) in [5.41, 5.74) is 0.324. The van der Waals surface area contributed by atoms with Gasteiger partial charge in [-0.15, -0.1) is 0 Å². The van der Waals surface area contributed by atoms with Gasteiger partial charge < -0.3 is 5.32 Å². The highest BCUT2D eigenvalue weighted by molar-refractivity contribution is 7.89. The van der Waals surface area contributed by atoms with E-state index in [-0.39, 0.29) is 17.1 Å². The fourth-order valence-corrected chi connectivity index (χ4v) is 4.35. The van der Waals surface area contributed by atoms with Gasteiger partial charge in [-0.3, -0.25) is 4.79 Å². The maximum atomic E-state index is 13.9. The first-order valence-corrected chi connectivity index (χ1v) is 11.1. The van der Waals surface area contributed by atoms with Crippen LogP contribution in [0.5, 0.6) is 0 Å². The maximum Gasteiger partial charge on any atom is 0.243 e. The van der Waals surface area contributed by atoms with Crippen molar-refractivity contribution >= 4 is 44.8 Å². The van der Waals surface area contributed by atoms with Crippen LogP contribution in [0.1, 0.15) is 5.56 Å². The summed E-state index contributed by atoms with van der Waals surface area (Å²) in [6.45, 7) is -0.744. The standard InChI is InChI=1S/C21H16Cl2F2N2O3S/c22-15-3-1-14(2-4-15)12-27(31(29,30)18-8-5-16(23)6-9-18)13-21(28)26-20-10-7-17(24)11-19(20)25/h1-11H,12-13H2,(H,26,28). The molecular formula is C21H16Cl2F2N2O3S. The summed E-state index contributed by atoms with van der Waals surface area (Å²) in [4.78, 5) is 12.5. The fraction of sp³-hybridized carbons (Fsp3) is 0.0952. The molecule has 5 nitrogen and oxygen atoms in total. The lowest BCUT2D eigenvalue weighted by Gasteiger charge is -2.22. The number of halogens is 4. The first kappa shape index (κ1) is 23.1. The molecule has 3 aromatic carbocycles. The summed E-state index contributed by atoms with van der Waals surface area (Å²) in [6.07, 6.45) is 0. The van der Waals surface area contributed by atoms with Crippen molar-refractivity contribution in [2.75, 3.05) is 11.9 Å². The second-order valence-electron chi connectivity index (χ2n) is 6.53. The van der Waals surface area contributed by atoms with Crippen LogP contribution in [0.4, 0.5) is 14.5 Å². The third-order valence-electron chi connectivity index (χ3n) is 4.25. The zero-order valence-electron chi connectivity index (χ0n) is 15.9. The molecule has 0 unspecified atom stereocenters. The van der Waals surface area contributed by atoms with Gasteiger partial charge in [0.1, 0.15) is 11.6 Å². The molecule has 0 aliphatic rings. The van der Waals surface area contributed by atoms with Gasteiger partial charge in [0, 0.05) is 22.7 Å². The van der Waals surface area contributed by atoms with Crippen LogP contribution in [0.15, 0.2) is 71.6 Å². The Bertz CT molecular complexity index is 1190. The highest BCUT2D eigenvalue weighted by atomic mass is 35.5. The molecule has 1 N–H and O–H groups in total. The van der Waals surface area contributed by atoms with E-state index in [1.54, 1.807) is 24.3 Å². The molecule has 0 atom stereocenters. The van der Waals surface area contributed by atoms with Gasteiger partial charge in [0.05, 0.1) is 17.1 Å². The Balaban J connectivity index is 1.88. The molecule has 162 valence electrons. The lowest BCUT2D eigenvalue weighted by molar-refractivity contribution is -0.116. The van der Waals surface area contributed by atoms with Crippen molar-refractivity contribution in [3.05, 3.63) is 94.0 Å². The van der Waals surface area contributed by atoms with Crippen molar-refractivity contribution in [2.24, 2.45) is 0 Å². The number of hydrogen-bond acceptors (Lipinski definition) is 3. The molecule has 31 heavy (non-hydrogen) atoms. The van der Waals surface area contributed by atoms with Gasteiger partial charge in [-0.25, -0.2) is 17.2 Å². The van der Waals surface area contributed by atoms with E-state index in [1.807, 2.05) is 0 Å².